The van der Waals surface area contributed by atoms with Crippen LogP contribution >= 0.6 is 0 Å². The van der Waals surface area contributed by atoms with Crippen LogP contribution in [0, 0.1) is 0 Å². The van der Waals surface area contributed by atoms with Gasteiger partial charge in [-0.2, -0.15) is 0 Å². The van der Waals surface area contributed by atoms with Gasteiger partial charge in [-0.05, 0) is 44.0 Å². The molecule has 0 atom stereocenters. The highest BCUT2D eigenvalue weighted by Crippen LogP contribution is 2.36. The van der Waals surface area contributed by atoms with Gasteiger partial charge < -0.3 is 9.84 Å². The average Bonchev–Trinajstić information content (AvgIpc) is 2.63. The van der Waals surface area contributed by atoms with Crippen LogP contribution in [0.3, 0.4) is 0 Å². The van der Waals surface area contributed by atoms with E-state index in [2.05, 4.69) is 48.5 Å². The van der Waals surface area contributed by atoms with Gasteiger partial charge in [0, 0.05) is 6.08 Å². The van der Waals surface area contributed by atoms with Crippen molar-refractivity contribution in [2.45, 2.75) is 0 Å². The summed E-state index contributed by atoms with van der Waals surface area (Å²) in [5.74, 6) is -0.449. The zero-order valence-corrected chi connectivity index (χ0v) is 13.0. The summed E-state index contributed by atoms with van der Waals surface area (Å²) in [6.07, 6.45) is 3.17. The second-order valence-electron chi connectivity index (χ2n) is 5.74. The number of aliphatic hydroxyl groups is 1. The van der Waals surface area contributed by atoms with Crippen LogP contribution < -0.4 is 0 Å². The lowest BCUT2D eigenvalue weighted by Crippen LogP contribution is -2.04. The summed E-state index contributed by atoms with van der Waals surface area (Å²) in [6.45, 7) is -0.153. The molecule has 0 aliphatic heterocycles. The lowest BCUT2D eigenvalue weighted by molar-refractivity contribution is -0.138. The van der Waals surface area contributed by atoms with Crippen molar-refractivity contribution in [2.75, 3.05) is 13.2 Å². The van der Waals surface area contributed by atoms with Crippen molar-refractivity contribution in [3.8, 4) is 0 Å². The topological polar surface area (TPSA) is 46.5 Å². The van der Waals surface area contributed by atoms with Gasteiger partial charge in [0.25, 0.3) is 0 Å². The first-order valence-electron chi connectivity index (χ1n) is 7.90. The molecule has 24 heavy (non-hydrogen) atoms. The summed E-state index contributed by atoms with van der Waals surface area (Å²) in [5.41, 5.74) is 0.974. The summed E-state index contributed by atoms with van der Waals surface area (Å²) >= 11 is 0. The number of benzene rings is 4. The fourth-order valence-corrected chi connectivity index (χ4v) is 3.26. The van der Waals surface area contributed by atoms with Crippen molar-refractivity contribution in [1.82, 2.24) is 0 Å². The molecule has 0 heterocycles. The van der Waals surface area contributed by atoms with E-state index >= 15 is 0 Å². The molecule has 0 bridgehead atoms. The quantitative estimate of drug-likeness (QED) is 0.350. The molecule has 118 valence electrons. The molecule has 4 aromatic carbocycles. The maximum absolute atomic E-state index is 11.6. The highest BCUT2D eigenvalue weighted by molar-refractivity contribution is 6.24. The first-order valence-corrected chi connectivity index (χ1v) is 7.90. The molecule has 4 rings (SSSR count). The van der Waals surface area contributed by atoms with Gasteiger partial charge in [0.05, 0.1) is 6.61 Å². The summed E-state index contributed by atoms with van der Waals surface area (Å²) in [6, 6.07) is 18.9. The van der Waals surface area contributed by atoms with Crippen molar-refractivity contribution in [2.24, 2.45) is 0 Å². The molecule has 3 nitrogen and oxygen atoms in total. The minimum atomic E-state index is -0.449. The standard InChI is InChI=1S/C21H16O3/c22-12-13-24-19(23)11-9-14-4-5-17-7-6-15-2-1-3-16-8-10-18(14)21(17)20(15)16/h1-11,22H,12-13H2/b11-9+. The minimum absolute atomic E-state index is 0.0155. The number of rotatable bonds is 4. The molecule has 0 aliphatic rings. The number of hydrogen-bond donors (Lipinski definition) is 1. The summed E-state index contributed by atoms with van der Waals surface area (Å²) in [5, 5.41) is 15.9. The maximum Gasteiger partial charge on any atom is 0.330 e. The van der Waals surface area contributed by atoms with Gasteiger partial charge in [-0.1, -0.05) is 54.6 Å². The number of carbonyl (C=O) groups excluding carboxylic acids is 1. The van der Waals surface area contributed by atoms with Gasteiger partial charge in [-0.3, -0.25) is 0 Å². The van der Waals surface area contributed by atoms with Crippen LogP contribution in [0.2, 0.25) is 0 Å². The smallest absolute Gasteiger partial charge is 0.330 e. The minimum Gasteiger partial charge on any atom is -0.460 e. The molecule has 3 heteroatoms. The Morgan fingerprint density at radius 2 is 1.58 bits per heavy atom. The molecule has 0 aromatic heterocycles. The lowest BCUT2D eigenvalue weighted by Gasteiger charge is -2.12. The first-order chi connectivity index (χ1) is 11.8. The van der Waals surface area contributed by atoms with E-state index in [1.807, 2.05) is 6.07 Å². The van der Waals surface area contributed by atoms with Crippen LogP contribution in [0.15, 0.2) is 60.7 Å². The zero-order valence-electron chi connectivity index (χ0n) is 13.0. The van der Waals surface area contributed by atoms with Crippen molar-refractivity contribution >= 4 is 44.4 Å². The van der Waals surface area contributed by atoms with Crippen LogP contribution in [-0.2, 0) is 9.53 Å². The largest absolute Gasteiger partial charge is 0.460 e. The van der Waals surface area contributed by atoms with E-state index in [1.165, 1.54) is 33.0 Å². The normalized spacial score (nSPS) is 11.9. The second-order valence-corrected chi connectivity index (χ2v) is 5.74. The maximum atomic E-state index is 11.6. The highest BCUT2D eigenvalue weighted by Gasteiger charge is 2.09. The molecule has 0 spiro atoms. The van der Waals surface area contributed by atoms with Gasteiger partial charge >= 0.3 is 5.97 Å². The molecule has 0 amide bonds. The molecule has 0 fully saturated rings. The van der Waals surface area contributed by atoms with Crippen LogP contribution in [0.25, 0.3) is 38.4 Å². The van der Waals surface area contributed by atoms with Crippen molar-refractivity contribution in [3.63, 3.8) is 0 Å². The van der Waals surface area contributed by atoms with Crippen LogP contribution in [-0.4, -0.2) is 24.3 Å². The van der Waals surface area contributed by atoms with Crippen molar-refractivity contribution in [1.29, 1.82) is 0 Å². The van der Waals surface area contributed by atoms with E-state index in [-0.39, 0.29) is 13.2 Å². The Morgan fingerprint density at radius 3 is 2.33 bits per heavy atom. The SMILES string of the molecule is O=C(/C=C/c1ccc2ccc3cccc4ccc1c2c34)OCCO. The Kier molecular flexibility index (Phi) is 3.63. The molecule has 4 aromatic rings. The number of carbonyl (C=O) groups is 1. The van der Waals surface area contributed by atoms with E-state index in [0.29, 0.717) is 0 Å². The Morgan fingerprint density at radius 1 is 0.917 bits per heavy atom. The van der Waals surface area contributed by atoms with Gasteiger partial charge in [0.15, 0.2) is 0 Å². The van der Waals surface area contributed by atoms with E-state index in [9.17, 15) is 4.79 Å². The monoisotopic (exact) mass is 316 g/mol. The number of esters is 1. The van der Waals surface area contributed by atoms with Crippen molar-refractivity contribution in [3.05, 3.63) is 66.2 Å². The molecule has 0 radical (unpaired) electrons. The fraction of sp³-hybridized carbons (Fsp3) is 0.0952. The third kappa shape index (κ3) is 2.39. The Bertz CT molecular complexity index is 1050. The third-order valence-corrected chi connectivity index (χ3v) is 4.30. The van der Waals surface area contributed by atoms with E-state index in [4.69, 9.17) is 9.84 Å². The molecular formula is C21H16O3. The van der Waals surface area contributed by atoms with Crippen LogP contribution in [0.4, 0.5) is 0 Å². The zero-order chi connectivity index (χ0) is 16.5. The van der Waals surface area contributed by atoms with Crippen LogP contribution in [0.1, 0.15) is 5.56 Å². The van der Waals surface area contributed by atoms with Crippen LogP contribution in [0.5, 0.6) is 0 Å². The number of aliphatic hydroxyl groups excluding tert-OH is 1. The Labute approximate surface area is 139 Å². The number of ether oxygens (including phenoxy) is 1. The van der Waals surface area contributed by atoms with Gasteiger partial charge in [0.2, 0.25) is 0 Å². The molecular weight excluding hydrogens is 300 g/mol. The predicted octanol–water partition coefficient (Wildman–Crippen LogP) is 4.13. The molecule has 0 saturated heterocycles. The van der Waals surface area contributed by atoms with E-state index in [0.717, 1.165) is 10.9 Å². The molecule has 0 unspecified atom stereocenters. The molecule has 0 aliphatic carbocycles. The Hall–Kier alpha value is -2.91. The molecule has 1 N–H and O–H groups in total. The molecule has 0 saturated carbocycles. The van der Waals surface area contributed by atoms with E-state index in [1.54, 1.807) is 6.08 Å². The number of hydrogen-bond acceptors (Lipinski definition) is 3. The lowest BCUT2D eigenvalue weighted by atomic mass is 9.92. The summed E-state index contributed by atoms with van der Waals surface area (Å²) in [7, 11) is 0. The average molecular weight is 316 g/mol. The second kappa shape index (κ2) is 5.95. The summed E-state index contributed by atoms with van der Waals surface area (Å²) in [4.78, 5) is 11.6. The predicted molar refractivity (Wildman–Crippen MR) is 97.2 cm³/mol. The van der Waals surface area contributed by atoms with Gasteiger partial charge in [0.1, 0.15) is 6.61 Å². The fourth-order valence-electron chi connectivity index (χ4n) is 3.26. The van der Waals surface area contributed by atoms with Gasteiger partial charge in [-0.15, -0.1) is 0 Å². The summed E-state index contributed by atoms with van der Waals surface area (Å²) < 4.78 is 4.86. The first kappa shape index (κ1) is 14.7. The van der Waals surface area contributed by atoms with Gasteiger partial charge in [-0.25, -0.2) is 4.79 Å². The van der Waals surface area contributed by atoms with E-state index < -0.39 is 5.97 Å². The third-order valence-electron chi connectivity index (χ3n) is 4.30. The highest BCUT2D eigenvalue weighted by atomic mass is 16.5. The van der Waals surface area contributed by atoms with Crippen molar-refractivity contribution < 1.29 is 14.6 Å². The Balaban J connectivity index is 1.88.